The predicted molar refractivity (Wildman–Crippen MR) is 57.5 cm³/mol. The normalized spacial score (nSPS) is 37.0. The van der Waals surface area contributed by atoms with Crippen molar-refractivity contribution in [2.75, 3.05) is 13.2 Å². The van der Waals surface area contributed by atoms with E-state index in [-0.39, 0.29) is 5.41 Å². The number of nitrogens with zero attached hydrogens (tertiary/aromatic N) is 2. The van der Waals surface area contributed by atoms with E-state index in [1.807, 2.05) is 26.2 Å². The van der Waals surface area contributed by atoms with E-state index in [0.29, 0.717) is 25.0 Å². The van der Waals surface area contributed by atoms with Crippen LogP contribution >= 0.6 is 0 Å². The van der Waals surface area contributed by atoms with Crippen LogP contribution in [0.1, 0.15) is 5.69 Å². The highest BCUT2D eigenvalue weighted by Crippen LogP contribution is 2.61. The maximum Gasteiger partial charge on any atom is 0.141 e. The second kappa shape index (κ2) is 2.83. The number of pyridine rings is 1. The summed E-state index contributed by atoms with van der Waals surface area (Å²) in [6.07, 6.45) is 1.84. The van der Waals surface area contributed by atoms with Gasteiger partial charge in [0.1, 0.15) is 13.3 Å². The van der Waals surface area contributed by atoms with Gasteiger partial charge < -0.3 is 4.74 Å². The number of hydrogen-bond donors (Lipinski definition) is 0. The molecule has 0 aromatic carbocycles. The average molecular weight is 198 g/mol. The largest absolute Gasteiger partial charge is 0.381 e. The minimum atomic E-state index is -0.341. The van der Waals surface area contributed by atoms with Gasteiger partial charge in [0.15, 0.2) is 0 Å². The van der Waals surface area contributed by atoms with Crippen molar-refractivity contribution < 1.29 is 4.74 Å². The zero-order chi connectivity index (χ0) is 10.5. The van der Waals surface area contributed by atoms with Crippen LogP contribution in [0.15, 0.2) is 18.3 Å². The van der Waals surface area contributed by atoms with Gasteiger partial charge in [0, 0.05) is 18.0 Å². The van der Waals surface area contributed by atoms with Gasteiger partial charge in [0.05, 0.1) is 25.0 Å². The molecule has 2 fully saturated rings. The lowest BCUT2D eigenvalue weighted by Crippen LogP contribution is -2.19. The summed E-state index contributed by atoms with van der Waals surface area (Å²) in [6, 6.07) is 6.45. The third-order valence-electron chi connectivity index (χ3n) is 3.66. The van der Waals surface area contributed by atoms with Gasteiger partial charge in [-0.05, 0) is 6.07 Å². The fraction of sp³-hybridized carbons (Fsp3) is 0.455. The van der Waals surface area contributed by atoms with Crippen molar-refractivity contribution in [3.8, 4) is 6.07 Å². The Hall–Kier alpha value is -1.34. The van der Waals surface area contributed by atoms with Crippen molar-refractivity contribution in [3.05, 3.63) is 24.0 Å². The first-order valence-electron chi connectivity index (χ1n) is 5.21. The molecule has 1 aliphatic heterocycles. The Labute approximate surface area is 89.5 Å². The standard InChI is InChI=1S/C11H11BN2O/c12-7-1-2-10(14-3-7)11(6-13)8-4-15-5-9(8)11/h1-3,8-9H,4-5,12H2. The Balaban J connectivity index is 2.00. The lowest BCUT2D eigenvalue weighted by molar-refractivity contribution is 0.151. The molecule has 1 saturated carbocycles. The van der Waals surface area contributed by atoms with Crippen molar-refractivity contribution in [2.24, 2.45) is 11.8 Å². The van der Waals surface area contributed by atoms with Crippen molar-refractivity contribution in [1.29, 1.82) is 5.26 Å². The maximum atomic E-state index is 9.34. The lowest BCUT2D eigenvalue weighted by Gasteiger charge is -2.12. The van der Waals surface area contributed by atoms with E-state index in [1.54, 1.807) is 0 Å². The molecule has 1 saturated heterocycles. The van der Waals surface area contributed by atoms with Crippen LogP contribution in [0.3, 0.4) is 0 Å². The van der Waals surface area contributed by atoms with E-state index < -0.39 is 0 Å². The number of hydrogen-bond acceptors (Lipinski definition) is 3. The van der Waals surface area contributed by atoms with Crippen LogP contribution in [0, 0.1) is 23.2 Å². The molecule has 4 heteroatoms. The number of fused-ring (bicyclic) bond motifs is 1. The first-order chi connectivity index (χ1) is 7.29. The molecule has 0 spiro atoms. The van der Waals surface area contributed by atoms with Gasteiger partial charge in [-0.25, -0.2) is 0 Å². The predicted octanol–water partition coefficient (Wildman–Crippen LogP) is -0.622. The molecule has 3 nitrogen and oxygen atoms in total. The smallest absolute Gasteiger partial charge is 0.141 e. The SMILES string of the molecule is Bc1ccc(C2(C#N)C3COCC32)nc1. The second-order valence-electron chi connectivity index (χ2n) is 4.45. The number of aromatic nitrogens is 1. The summed E-state index contributed by atoms with van der Waals surface area (Å²) in [5.41, 5.74) is 1.72. The van der Waals surface area contributed by atoms with E-state index in [1.165, 1.54) is 0 Å². The second-order valence-corrected chi connectivity index (χ2v) is 4.45. The van der Waals surface area contributed by atoms with E-state index in [0.717, 1.165) is 11.2 Å². The van der Waals surface area contributed by atoms with Crippen molar-refractivity contribution in [1.82, 2.24) is 4.98 Å². The molecule has 74 valence electrons. The minimum Gasteiger partial charge on any atom is -0.381 e. The Kier molecular flexibility index (Phi) is 1.69. The van der Waals surface area contributed by atoms with Crippen LogP contribution < -0.4 is 5.46 Å². The first kappa shape index (κ1) is 8.93. The summed E-state index contributed by atoms with van der Waals surface area (Å²) in [5.74, 6) is 0.746. The molecule has 2 atom stereocenters. The van der Waals surface area contributed by atoms with Crippen LogP contribution in [-0.2, 0) is 10.2 Å². The number of rotatable bonds is 1. The van der Waals surface area contributed by atoms with Gasteiger partial charge in [-0.15, -0.1) is 0 Å². The number of ether oxygens (including phenoxy) is 1. The van der Waals surface area contributed by atoms with E-state index in [9.17, 15) is 5.26 Å². The van der Waals surface area contributed by atoms with Crippen molar-refractivity contribution in [3.63, 3.8) is 0 Å². The quantitative estimate of drug-likeness (QED) is 0.565. The highest BCUT2D eigenvalue weighted by atomic mass is 16.5. The van der Waals surface area contributed by atoms with Gasteiger partial charge in [0.25, 0.3) is 0 Å². The monoisotopic (exact) mass is 198 g/mol. The highest BCUT2D eigenvalue weighted by Gasteiger charge is 2.70. The summed E-state index contributed by atoms with van der Waals surface area (Å²) in [7, 11) is 2.01. The van der Waals surface area contributed by atoms with Gasteiger partial charge in [0.2, 0.25) is 0 Å². The topological polar surface area (TPSA) is 45.9 Å². The van der Waals surface area contributed by atoms with E-state index in [4.69, 9.17) is 4.74 Å². The van der Waals surface area contributed by atoms with Gasteiger partial charge in [-0.3, -0.25) is 4.98 Å². The molecule has 1 aromatic heterocycles. The van der Waals surface area contributed by atoms with E-state index in [2.05, 4.69) is 11.1 Å². The van der Waals surface area contributed by atoms with Gasteiger partial charge in [-0.1, -0.05) is 11.5 Å². The van der Waals surface area contributed by atoms with Crippen LogP contribution in [-0.4, -0.2) is 26.0 Å². The third-order valence-corrected chi connectivity index (χ3v) is 3.66. The third kappa shape index (κ3) is 1.02. The molecule has 0 amide bonds. The molecule has 2 aliphatic rings. The van der Waals surface area contributed by atoms with Crippen LogP contribution in [0.4, 0.5) is 0 Å². The Morgan fingerprint density at radius 2 is 2.20 bits per heavy atom. The Morgan fingerprint density at radius 1 is 1.47 bits per heavy atom. The molecular weight excluding hydrogens is 187 g/mol. The molecule has 0 N–H and O–H groups in total. The molecule has 1 aromatic rings. The Morgan fingerprint density at radius 3 is 2.73 bits per heavy atom. The molecule has 1 aliphatic carbocycles. The fourth-order valence-electron chi connectivity index (χ4n) is 2.67. The van der Waals surface area contributed by atoms with Crippen molar-refractivity contribution in [2.45, 2.75) is 5.41 Å². The molecule has 2 heterocycles. The molecule has 15 heavy (non-hydrogen) atoms. The average Bonchev–Trinajstić information content (AvgIpc) is 2.65. The van der Waals surface area contributed by atoms with Crippen LogP contribution in [0.2, 0.25) is 0 Å². The Bertz CT molecular complexity index is 427. The zero-order valence-corrected chi connectivity index (χ0v) is 8.60. The molecular formula is C11H11BN2O. The van der Waals surface area contributed by atoms with E-state index >= 15 is 0 Å². The summed E-state index contributed by atoms with van der Waals surface area (Å²) >= 11 is 0. The lowest BCUT2D eigenvalue weighted by atomic mass is 9.94. The minimum absolute atomic E-state index is 0.341. The number of nitriles is 1. The summed E-state index contributed by atoms with van der Waals surface area (Å²) in [4.78, 5) is 4.39. The molecule has 0 bridgehead atoms. The highest BCUT2D eigenvalue weighted by molar-refractivity contribution is 6.32. The fourth-order valence-corrected chi connectivity index (χ4v) is 2.67. The summed E-state index contributed by atoms with van der Waals surface area (Å²) in [5, 5.41) is 9.34. The summed E-state index contributed by atoms with van der Waals surface area (Å²) in [6.45, 7) is 1.43. The van der Waals surface area contributed by atoms with Gasteiger partial charge >= 0.3 is 0 Å². The maximum absolute atomic E-state index is 9.34. The van der Waals surface area contributed by atoms with Crippen molar-refractivity contribution >= 4 is 13.3 Å². The zero-order valence-electron chi connectivity index (χ0n) is 8.60. The molecule has 3 rings (SSSR count). The first-order valence-corrected chi connectivity index (χ1v) is 5.21. The van der Waals surface area contributed by atoms with Crippen LogP contribution in [0.25, 0.3) is 0 Å². The molecule has 2 unspecified atom stereocenters. The molecule has 0 radical (unpaired) electrons. The van der Waals surface area contributed by atoms with Gasteiger partial charge in [-0.2, -0.15) is 5.26 Å². The summed E-state index contributed by atoms with van der Waals surface area (Å²) < 4.78 is 5.33. The van der Waals surface area contributed by atoms with Crippen LogP contribution in [0.5, 0.6) is 0 Å².